The lowest BCUT2D eigenvalue weighted by Crippen LogP contribution is -2.66. The van der Waals surface area contributed by atoms with Crippen molar-refractivity contribution >= 4 is 111 Å². The predicted octanol–water partition coefficient (Wildman–Crippen LogP) is 12.5. The SMILES string of the molecule is CC1(C)C(CC(=O)c2ccc(N3CCC(C=O)CC3)cc2)C(C)(C)C1Oc1ccc(C#N)c(Cl)c1.CC1(C)C(CC(=O)c2ccc(N3CCC(CN4C[C@@H]5C[C@H]4CN5c4ccc5c(c4)C(=O)N(C4CCC(=O)NC4=O)C5=O)CC3)cc2)C(C)(C)C1Oc1ccc(C#N)c(Cl)c1.O=C1CCC(N2C(=O)c3ccc(N4C[C@@H]5C[C@H]4CN5)cc3C2=O)C(=O)N1. The van der Waals surface area contributed by atoms with Crippen LogP contribution in [0.15, 0.2) is 121 Å². The molecular weight excluding hydrogens is 1580 g/mol. The molecule has 2 saturated carbocycles. The van der Waals surface area contributed by atoms with E-state index in [-0.39, 0.29) is 101 Å². The van der Waals surface area contributed by atoms with E-state index in [0.29, 0.717) is 97.9 Å². The lowest BCUT2D eigenvalue weighted by atomic mass is 9.44. The molecule has 2 unspecified atom stereocenters. The molecule has 12 aliphatic rings. The summed E-state index contributed by atoms with van der Waals surface area (Å²) in [5, 5.41) is 27.0. The molecule has 18 rings (SSSR count). The molecule has 2 aliphatic carbocycles. The third kappa shape index (κ3) is 15.7. The second-order valence-electron chi connectivity index (χ2n) is 37.3. The number of anilines is 4. The van der Waals surface area contributed by atoms with Crippen LogP contribution in [0.2, 0.25) is 10.0 Å². The third-order valence-electron chi connectivity index (χ3n) is 28.6. The van der Waals surface area contributed by atoms with Crippen LogP contribution < -0.4 is 45.0 Å². The van der Waals surface area contributed by atoms with Gasteiger partial charge < -0.3 is 39.2 Å². The van der Waals surface area contributed by atoms with Gasteiger partial charge in [0.1, 0.15) is 54.2 Å². The number of nitrogens with zero attached hydrogens (tertiary/aromatic N) is 9. The smallest absolute Gasteiger partial charge is 0.262 e. The topological polar surface area (TPSA) is 313 Å². The summed E-state index contributed by atoms with van der Waals surface area (Å²) < 4.78 is 12.8. The van der Waals surface area contributed by atoms with Crippen molar-refractivity contribution in [3.05, 3.63) is 176 Å². The zero-order chi connectivity index (χ0) is 85.6. The summed E-state index contributed by atoms with van der Waals surface area (Å²) in [6, 6.07) is 41.0. The van der Waals surface area contributed by atoms with Gasteiger partial charge in [0, 0.05) is 182 Å². The number of piperidine rings is 4. The Labute approximate surface area is 714 Å². The summed E-state index contributed by atoms with van der Waals surface area (Å²) in [6.45, 7) is 25.6. The Hall–Kier alpha value is -10.8. The van der Waals surface area contributed by atoms with E-state index in [1.165, 1.54) is 0 Å². The molecule has 8 amide bonds. The molecule has 0 aromatic heterocycles. The maximum absolute atomic E-state index is 13.6. The summed E-state index contributed by atoms with van der Waals surface area (Å²) in [6.07, 6.45) is 8.41. The normalized spacial score (nSPS) is 26.6. The van der Waals surface area contributed by atoms with Crippen LogP contribution in [0.4, 0.5) is 22.7 Å². The number of carbonyl (C=O) groups excluding carboxylic acids is 11. The van der Waals surface area contributed by atoms with Crippen molar-refractivity contribution in [1.29, 1.82) is 10.5 Å². The van der Waals surface area contributed by atoms with Crippen LogP contribution in [0, 0.1) is 68.0 Å². The third-order valence-corrected chi connectivity index (χ3v) is 29.2. The van der Waals surface area contributed by atoms with Crippen LogP contribution in [0.5, 0.6) is 11.5 Å². The van der Waals surface area contributed by atoms with E-state index < -0.39 is 47.5 Å². The van der Waals surface area contributed by atoms with Gasteiger partial charge in [-0.3, -0.25) is 73.3 Å². The highest BCUT2D eigenvalue weighted by Gasteiger charge is 2.65. The second kappa shape index (κ2) is 32.9. The summed E-state index contributed by atoms with van der Waals surface area (Å²) in [5.41, 5.74) is 6.81. The fourth-order valence-corrected chi connectivity index (χ4v) is 22.8. The summed E-state index contributed by atoms with van der Waals surface area (Å²) in [5.74, 6) is -1.22. The monoisotopic (exact) mass is 1680 g/mol. The Balaban J connectivity index is 0.000000150. The highest BCUT2D eigenvalue weighted by atomic mass is 35.5. The number of amides is 8. The average Bonchev–Trinajstić information content (AvgIpc) is 1.69. The lowest BCUT2D eigenvalue weighted by molar-refractivity contribution is -0.196. The number of nitriles is 2. The molecule has 10 heterocycles. The number of likely N-dealkylation sites (tertiary alicyclic amines) is 1. The molecule has 6 aromatic rings. The number of carbonyl (C=O) groups is 11. The van der Waals surface area contributed by atoms with Gasteiger partial charge in [-0.1, -0.05) is 78.6 Å². The first-order valence-corrected chi connectivity index (χ1v) is 43.2. The van der Waals surface area contributed by atoms with Crippen LogP contribution in [0.25, 0.3) is 0 Å². The number of ketones is 2. The van der Waals surface area contributed by atoms with Crippen molar-refractivity contribution in [2.24, 2.45) is 45.3 Å². The Morgan fingerprint density at radius 1 is 0.488 bits per heavy atom. The zero-order valence-electron chi connectivity index (χ0n) is 69.5. The number of rotatable bonds is 19. The summed E-state index contributed by atoms with van der Waals surface area (Å²) in [4.78, 5) is 152. The number of hydrogen-bond acceptors (Lipinski definition) is 21. The number of halogens is 2. The van der Waals surface area contributed by atoms with Crippen LogP contribution >= 0.6 is 23.2 Å². The predicted molar refractivity (Wildman–Crippen MR) is 455 cm³/mol. The van der Waals surface area contributed by atoms with E-state index >= 15 is 0 Å². The number of benzene rings is 6. The molecule has 10 aliphatic heterocycles. The molecule has 0 spiro atoms. The van der Waals surface area contributed by atoms with Crippen LogP contribution in [-0.4, -0.2) is 187 Å². The van der Waals surface area contributed by atoms with Gasteiger partial charge in [-0.15, -0.1) is 0 Å². The van der Waals surface area contributed by atoms with Crippen molar-refractivity contribution in [3.63, 3.8) is 0 Å². The van der Waals surface area contributed by atoms with Gasteiger partial charge in [0.15, 0.2) is 11.6 Å². The Bertz CT molecular complexity index is 5280. The second-order valence-corrected chi connectivity index (χ2v) is 38.1. The Kier molecular flexibility index (Phi) is 22.8. The molecule has 6 aromatic carbocycles. The average molecular weight is 1680 g/mol. The molecule has 27 heteroatoms. The van der Waals surface area contributed by atoms with Gasteiger partial charge in [0.05, 0.1) is 43.4 Å². The minimum absolute atomic E-state index is 0.0894. The number of Topliss-reactive ketones (excluding diaryl/α,β-unsaturated/α-hetero) is 2. The van der Waals surface area contributed by atoms with Gasteiger partial charge in [-0.25, -0.2) is 0 Å². The molecule has 630 valence electrons. The maximum Gasteiger partial charge on any atom is 0.262 e. The van der Waals surface area contributed by atoms with E-state index in [9.17, 15) is 58.0 Å². The summed E-state index contributed by atoms with van der Waals surface area (Å²) in [7, 11) is 0. The number of piperazine rings is 2. The molecule has 121 heavy (non-hydrogen) atoms. The van der Waals surface area contributed by atoms with Gasteiger partial charge in [-0.2, -0.15) is 10.5 Å². The van der Waals surface area contributed by atoms with Crippen molar-refractivity contribution < 1.29 is 62.2 Å². The molecule has 25 nitrogen and oxygen atoms in total. The van der Waals surface area contributed by atoms with Gasteiger partial charge in [0.2, 0.25) is 23.6 Å². The first-order chi connectivity index (χ1) is 57.7. The molecule has 0 radical (unpaired) electrons. The quantitative estimate of drug-likeness (QED) is 0.0385. The zero-order valence-corrected chi connectivity index (χ0v) is 71.0. The number of aldehydes is 1. The van der Waals surface area contributed by atoms with Crippen LogP contribution in [-0.2, 0) is 24.0 Å². The highest BCUT2D eigenvalue weighted by Crippen LogP contribution is 2.63. The van der Waals surface area contributed by atoms with Crippen LogP contribution in [0.1, 0.15) is 206 Å². The molecular formula is C94H102Cl2N12O13. The number of ether oxygens (including phenoxy) is 2. The minimum Gasteiger partial charge on any atom is -0.489 e. The van der Waals surface area contributed by atoms with E-state index in [1.54, 1.807) is 54.6 Å². The first-order valence-electron chi connectivity index (χ1n) is 42.4. The molecule has 6 atom stereocenters. The number of fused-ring (bicyclic) bond motifs is 6. The molecule has 3 N–H and O–H groups in total. The van der Waals surface area contributed by atoms with E-state index in [0.717, 1.165) is 147 Å². The highest BCUT2D eigenvalue weighted by molar-refractivity contribution is 6.32. The largest absolute Gasteiger partial charge is 0.489 e. The molecule has 4 bridgehead atoms. The fraction of sp³-hybridized carbons (Fsp3) is 0.479. The number of nitrogens with one attached hydrogen (secondary N) is 3. The molecule has 10 fully saturated rings. The lowest BCUT2D eigenvalue weighted by Gasteiger charge is -2.63. The first kappa shape index (κ1) is 83.8. The Morgan fingerprint density at radius 2 is 0.909 bits per heavy atom. The standard InChI is InChI=1S/C47H51ClN6O6.C29H33ClN2O3.C18H18N4O4/c1-46(2)40(47(3,4)45(46)60-34-11-7-29(23-49)37(48)21-34)22-39(55)28-5-8-30(9-6-28)51-17-15-27(16-18-51)24-52-25-33-19-32(52)26-53(33)31-10-12-35-36(20-31)44(59)54(43(35)58)38-13-14-41(56)50-42(38)57;1-28(2)26(29(3,4)27(28)35-23-10-7-21(17-31)24(30)15-23)16-25(34)20-5-8-22(9-6-20)32-13-11-19(18-33)12-14-32;23-15-4-3-14(16(24)20-15)22-17(25)12-2-1-10(6-13(12)18(22)26)21-8-9-5-11(21)7-19-9/h5-12,20-21,27,32-33,38,40,45H,13-19,22,24-26H2,1-4H3,(H,50,56,57);5-10,15,18-19,26-27H,11-14,16H2,1-4H3;1-2,6,9,11,14,19H,3-5,7-8H2,(H,20,23,24)/t32-,33-,38?,40?,45?;;9-,11-,14?/m0.0/s1. The van der Waals surface area contributed by atoms with Gasteiger partial charge in [-0.05, 0) is 178 Å². The number of hydrogen-bond donors (Lipinski definition) is 3. The van der Waals surface area contributed by atoms with Gasteiger partial charge >= 0.3 is 0 Å². The van der Waals surface area contributed by atoms with Crippen molar-refractivity contribution in [3.8, 4) is 23.6 Å². The number of imide groups is 4. The Morgan fingerprint density at radius 3 is 1.29 bits per heavy atom. The van der Waals surface area contributed by atoms with Crippen molar-refractivity contribution in [1.82, 2.24) is 30.7 Å². The van der Waals surface area contributed by atoms with E-state index in [4.69, 9.17) is 37.9 Å². The van der Waals surface area contributed by atoms with Gasteiger partial charge in [0.25, 0.3) is 23.6 Å². The van der Waals surface area contributed by atoms with Crippen molar-refractivity contribution in [2.75, 3.05) is 78.5 Å². The van der Waals surface area contributed by atoms with Crippen LogP contribution in [0.3, 0.4) is 0 Å². The van der Waals surface area contributed by atoms with E-state index in [1.807, 2.05) is 54.6 Å². The fourth-order valence-electron chi connectivity index (χ4n) is 22.4. The van der Waals surface area contributed by atoms with Crippen molar-refractivity contribution in [2.45, 2.75) is 181 Å². The van der Waals surface area contributed by atoms with E-state index in [2.05, 4.69) is 120 Å². The maximum atomic E-state index is 13.6. The molecule has 8 saturated heterocycles. The summed E-state index contributed by atoms with van der Waals surface area (Å²) >= 11 is 12.5. The minimum atomic E-state index is -0.970.